The molecule has 6 nitrogen and oxygen atoms in total. The summed E-state index contributed by atoms with van der Waals surface area (Å²) in [4.78, 5) is 12.9. The van der Waals surface area contributed by atoms with Crippen LogP contribution in [0.2, 0.25) is 0 Å². The minimum atomic E-state index is -0.721. The minimum Gasteiger partial charge on any atom is -0.396 e. The van der Waals surface area contributed by atoms with E-state index >= 15 is 0 Å². The Balaban J connectivity index is 2.27. The number of aliphatic hydroxyl groups excluding tert-OH is 2. The van der Waals surface area contributed by atoms with Crippen LogP contribution in [0.3, 0.4) is 0 Å². The Kier molecular flexibility index (Phi) is 5.14. The van der Waals surface area contributed by atoms with E-state index in [1.165, 1.54) is 6.07 Å². The second kappa shape index (κ2) is 6.87. The number of rotatable bonds is 5. The molecule has 1 aromatic carbocycles. The maximum absolute atomic E-state index is 11.3. The van der Waals surface area contributed by atoms with Crippen LogP contribution < -0.4 is 4.90 Å². The molecule has 116 valence electrons. The molecule has 2 rings (SSSR count). The smallest absolute Gasteiger partial charge is 0.292 e. The van der Waals surface area contributed by atoms with E-state index in [1.54, 1.807) is 19.1 Å². The fraction of sp³-hybridized carbons (Fsp3) is 0.600. The highest BCUT2D eigenvalue weighted by molar-refractivity contribution is 5.64. The first-order valence-electron chi connectivity index (χ1n) is 7.35. The molecule has 0 amide bonds. The molecule has 21 heavy (non-hydrogen) atoms. The van der Waals surface area contributed by atoms with Crippen molar-refractivity contribution < 1.29 is 15.1 Å². The lowest BCUT2D eigenvalue weighted by Gasteiger charge is -2.34. The van der Waals surface area contributed by atoms with E-state index in [1.807, 2.05) is 4.90 Å². The molecule has 1 fully saturated rings. The fourth-order valence-corrected chi connectivity index (χ4v) is 2.92. The van der Waals surface area contributed by atoms with Crippen molar-refractivity contribution in [2.45, 2.75) is 32.3 Å². The third-order valence-electron chi connectivity index (χ3n) is 4.08. The number of nitro benzene ring substituents is 1. The molecule has 0 aliphatic carbocycles. The van der Waals surface area contributed by atoms with E-state index in [2.05, 4.69) is 0 Å². The molecule has 0 bridgehead atoms. The van der Waals surface area contributed by atoms with E-state index in [9.17, 15) is 15.2 Å². The average Bonchev–Trinajstić information content (AvgIpc) is 2.47. The monoisotopic (exact) mass is 294 g/mol. The number of hydrogen-bond donors (Lipinski definition) is 2. The maximum atomic E-state index is 11.3. The minimum absolute atomic E-state index is 0.0399. The van der Waals surface area contributed by atoms with Crippen molar-refractivity contribution in [3.05, 3.63) is 33.9 Å². The highest BCUT2D eigenvalue weighted by atomic mass is 16.6. The molecule has 2 unspecified atom stereocenters. The van der Waals surface area contributed by atoms with Gasteiger partial charge in [-0.3, -0.25) is 10.1 Å². The normalized spacial score (nSPS) is 20.3. The molecule has 1 aliphatic rings. The zero-order valence-corrected chi connectivity index (χ0v) is 12.2. The molecule has 0 radical (unpaired) electrons. The zero-order chi connectivity index (χ0) is 15.4. The van der Waals surface area contributed by atoms with Crippen molar-refractivity contribution in [2.75, 3.05) is 24.6 Å². The van der Waals surface area contributed by atoms with Crippen molar-refractivity contribution in [2.24, 2.45) is 5.92 Å². The molecule has 1 aromatic rings. The Bertz CT molecular complexity index is 502. The third kappa shape index (κ3) is 3.71. The van der Waals surface area contributed by atoms with Gasteiger partial charge in [-0.05, 0) is 43.7 Å². The van der Waals surface area contributed by atoms with Gasteiger partial charge in [0.05, 0.1) is 11.0 Å². The SMILES string of the molecule is CC(O)c1ccc(N2CCCC(CCO)C2)c([N+](=O)[O-])c1. The van der Waals surface area contributed by atoms with Gasteiger partial charge in [-0.2, -0.15) is 0 Å². The number of benzene rings is 1. The van der Waals surface area contributed by atoms with E-state index < -0.39 is 11.0 Å². The summed E-state index contributed by atoms with van der Waals surface area (Å²) in [6.45, 7) is 3.27. The molecule has 0 saturated carbocycles. The van der Waals surface area contributed by atoms with Crippen LogP contribution in [0.1, 0.15) is 37.9 Å². The Morgan fingerprint density at radius 3 is 2.90 bits per heavy atom. The highest BCUT2D eigenvalue weighted by Gasteiger charge is 2.26. The van der Waals surface area contributed by atoms with Gasteiger partial charge in [0, 0.05) is 25.8 Å². The molecule has 1 heterocycles. The average molecular weight is 294 g/mol. The van der Waals surface area contributed by atoms with Crippen LogP contribution in [-0.4, -0.2) is 34.8 Å². The van der Waals surface area contributed by atoms with E-state index in [0.717, 1.165) is 32.4 Å². The molecular weight excluding hydrogens is 272 g/mol. The van der Waals surface area contributed by atoms with Gasteiger partial charge in [0.1, 0.15) is 5.69 Å². The summed E-state index contributed by atoms with van der Waals surface area (Å²) in [5, 5.41) is 29.9. The lowest BCUT2D eigenvalue weighted by atomic mass is 9.94. The standard InChI is InChI=1S/C15H22N2O4/c1-11(19)13-4-5-14(15(9-13)17(20)21)16-7-2-3-12(10-16)6-8-18/h4-5,9,11-12,18-19H,2-3,6-8,10H2,1H3. The Morgan fingerprint density at radius 1 is 1.52 bits per heavy atom. The number of nitro groups is 1. The second-order valence-electron chi connectivity index (χ2n) is 5.65. The van der Waals surface area contributed by atoms with Gasteiger partial charge in [-0.1, -0.05) is 6.07 Å². The maximum Gasteiger partial charge on any atom is 0.292 e. The number of hydrogen-bond acceptors (Lipinski definition) is 5. The predicted molar refractivity (Wildman–Crippen MR) is 80.4 cm³/mol. The van der Waals surface area contributed by atoms with Crippen LogP contribution in [0.15, 0.2) is 18.2 Å². The molecule has 2 atom stereocenters. The van der Waals surface area contributed by atoms with Gasteiger partial charge in [0.2, 0.25) is 0 Å². The quantitative estimate of drug-likeness (QED) is 0.642. The first-order valence-corrected chi connectivity index (χ1v) is 7.35. The van der Waals surface area contributed by atoms with Crippen molar-refractivity contribution in [3.63, 3.8) is 0 Å². The van der Waals surface area contributed by atoms with Gasteiger partial charge in [0.15, 0.2) is 0 Å². The Hall–Kier alpha value is -1.66. The molecule has 1 aliphatic heterocycles. The second-order valence-corrected chi connectivity index (χ2v) is 5.65. The van der Waals surface area contributed by atoms with Crippen LogP contribution in [0.25, 0.3) is 0 Å². The van der Waals surface area contributed by atoms with Crippen molar-refractivity contribution in [1.82, 2.24) is 0 Å². The van der Waals surface area contributed by atoms with E-state index in [-0.39, 0.29) is 12.3 Å². The van der Waals surface area contributed by atoms with Crippen molar-refractivity contribution >= 4 is 11.4 Å². The van der Waals surface area contributed by atoms with Crippen LogP contribution in [0.4, 0.5) is 11.4 Å². The Morgan fingerprint density at radius 2 is 2.29 bits per heavy atom. The fourth-order valence-electron chi connectivity index (χ4n) is 2.92. The largest absolute Gasteiger partial charge is 0.396 e. The summed E-state index contributed by atoms with van der Waals surface area (Å²) in [6, 6.07) is 4.92. The molecule has 6 heteroatoms. The van der Waals surface area contributed by atoms with Crippen LogP contribution in [0.5, 0.6) is 0 Å². The van der Waals surface area contributed by atoms with Gasteiger partial charge in [0.25, 0.3) is 5.69 Å². The molecule has 0 spiro atoms. The summed E-state index contributed by atoms with van der Waals surface area (Å²) >= 11 is 0. The summed E-state index contributed by atoms with van der Waals surface area (Å²) < 4.78 is 0. The Labute approximate surface area is 124 Å². The predicted octanol–water partition coefficient (Wildman–Crippen LogP) is 2.25. The molecule has 0 aromatic heterocycles. The molecule has 1 saturated heterocycles. The van der Waals surface area contributed by atoms with Gasteiger partial charge in [-0.15, -0.1) is 0 Å². The van der Waals surface area contributed by atoms with Crippen LogP contribution >= 0.6 is 0 Å². The number of piperidine rings is 1. The van der Waals surface area contributed by atoms with Crippen molar-refractivity contribution in [3.8, 4) is 0 Å². The summed E-state index contributed by atoms with van der Waals surface area (Å²) in [5.74, 6) is 0.375. The number of anilines is 1. The number of aliphatic hydroxyl groups is 2. The van der Waals surface area contributed by atoms with Crippen molar-refractivity contribution in [1.29, 1.82) is 0 Å². The van der Waals surface area contributed by atoms with E-state index in [4.69, 9.17) is 5.11 Å². The van der Waals surface area contributed by atoms with Gasteiger partial charge >= 0.3 is 0 Å². The zero-order valence-electron chi connectivity index (χ0n) is 12.2. The first-order chi connectivity index (χ1) is 10.0. The molecular formula is C15H22N2O4. The third-order valence-corrected chi connectivity index (χ3v) is 4.08. The van der Waals surface area contributed by atoms with Gasteiger partial charge < -0.3 is 15.1 Å². The van der Waals surface area contributed by atoms with E-state index in [0.29, 0.717) is 17.2 Å². The van der Waals surface area contributed by atoms with Crippen LogP contribution in [-0.2, 0) is 0 Å². The topological polar surface area (TPSA) is 86.8 Å². The summed E-state index contributed by atoms with van der Waals surface area (Å²) in [5.41, 5.74) is 1.19. The van der Waals surface area contributed by atoms with Crippen LogP contribution in [0, 0.1) is 16.0 Å². The summed E-state index contributed by atoms with van der Waals surface area (Å²) in [6.07, 6.45) is 2.04. The summed E-state index contributed by atoms with van der Waals surface area (Å²) in [7, 11) is 0. The number of nitrogens with zero attached hydrogens (tertiary/aromatic N) is 2. The molecule has 2 N–H and O–H groups in total. The highest BCUT2D eigenvalue weighted by Crippen LogP contribution is 2.34. The lowest BCUT2D eigenvalue weighted by molar-refractivity contribution is -0.384. The first kappa shape index (κ1) is 15.7. The lowest BCUT2D eigenvalue weighted by Crippen LogP contribution is -2.36. The van der Waals surface area contributed by atoms with Gasteiger partial charge in [-0.25, -0.2) is 0 Å².